The Labute approximate surface area is 154 Å². The van der Waals surface area contributed by atoms with Crippen LogP contribution in [0.1, 0.15) is 33.3 Å². The number of hydrogen-bond donors (Lipinski definition) is 2. The van der Waals surface area contributed by atoms with Crippen molar-refractivity contribution in [1.82, 2.24) is 5.32 Å². The summed E-state index contributed by atoms with van der Waals surface area (Å²) in [6, 6.07) is 7.72. The van der Waals surface area contributed by atoms with E-state index in [1.807, 2.05) is 13.0 Å². The van der Waals surface area contributed by atoms with Crippen molar-refractivity contribution in [3.8, 4) is 5.75 Å². The molecule has 2 rings (SSSR count). The Hall–Kier alpha value is -2.34. The van der Waals surface area contributed by atoms with E-state index in [2.05, 4.69) is 33.0 Å². The van der Waals surface area contributed by atoms with Crippen molar-refractivity contribution >= 4 is 16.9 Å². The van der Waals surface area contributed by atoms with E-state index in [0.29, 0.717) is 30.0 Å². The zero-order valence-corrected chi connectivity index (χ0v) is 16.2. The van der Waals surface area contributed by atoms with Gasteiger partial charge in [-0.05, 0) is 52.3 Å². The first-order valence-corrected chi connectivity index (χ1v) is 9.07. The smallest absolute Gasteiger partial charge is 0.336 e. The molecule has 0 saturated carbocycles. The second kappa shape index (κ2) is 8.85. The van der Waals surface area contributed by atoms with Gasteiger partial charge in [0.1, 0.15) is 11.3 Å². The number of ether oxygens (including phenoxy) is 1. The average Bonchev–Trinajstić information content (AvgIpc) is 2.55. The Morgan fingerprint density at radius 3 is 2.54 bits per heavy atom. The monoisotopic (exact) mass is 361 g/mol. The number of quaternary nitrogens is 1. The number of aryl methyl sites for hydroxylation is 1. The highest BCUT2D eigenvalue weighted by molar-refractivity contribution is 5.81. The number of nitrogens with one attached hydrogen (secondary N) is 2. The van der Waals surface area contributed by atoms with Crippen LogP contribution in [0.25, 0.3) is 11.0 Å². The van der Waals surface area contributed by atoms with Crippen molar-refractivity contribution in [3.05, 3.63) is 40.2 Å². The molecule has 0 fully saturated rings. The van der Waals surface area contributed by atoms with Crippen molar-refractivity contribution < 1.29 is 18.8 Å². The minimum Gasteiger partial charge on any atom is -0.484 e. The second-order valence-electron chi connectivity index (χ2n) is 7.18. The molecule has 0 saturated heterocycles. The summed E-state index contributed by atoms with van der Waals surface area (Å²) in [5, 5.41) is 3.74. The van der Waals surface area contributed by atoms with E-state index in [1.54, 1.807) is 12.1 Å². The summed E-state index contributed by atoms with van der Waals surface area (Å²) in [7, 11) is 0. The van der Waals surface area contributed by atoms with Crippen LogP contribution in [0.15, 0.2) is 33.5 Å². The number of carbonyl (C=O) groups is 1. The number of rotatable bonds is 8. The minimum absolute atomic E-state index is 0.0692. The SMILES string of the molecule is Cc1cc(=O)oc2cc(OCC(=O)NCC[NH+](C(C)C)C(C)C)ccc12. The van der Waals surface area contributed by atoms with Crippen molar-refractivity contribution in [1.29, 1.82) is 0 Å². The standard InChI is InChI=1S/C20H28N2O4/c1-13(2)22(14(3)4)9-8-21-19(23)12-25-16-6-7-17-15(5)10-20(24)26-18(17)11-16/h6-7,10-11,13-14H,8-9,12H2,1-5H3,(H,21,23)/p+1. The van der Waals surface area contributed by atoms with Gasteiger partial charge in [-0.25, -0.2) is 4.79 Å². The van der Waals surface area contributed by atoms with Crippen LogP contribution in [0.4, 0.5) is 0 Å². The average molecular weight is 361 g/mol. The van der Waals surface area contributed by atoms with Crippen LogP contribution < -0.4 is 20.6 Å². The van der Waals surface area contributed by atoms with Crippen molar-refractivity contribution in [2.45, 2.75) is 46.7 Å². The molecule has 6 nitrogen and oxygen atoms in total. The molecule has 6 heteroatoms. The lowest BCUT2D eigenvalue weighted by atomic mass is 10.1. The fourth-order valence-corrected chi connectivity index (χ4v) is 3.19. The van der Waals surface area contributed by atoms with E-state index in [4.69, 9.17) is 9.15 Å². The van der Waals surface area contributed by atoms with Gasteiger partial charge in [-0.3, -0.25) is 4.79 Å². The molecule has 1 aromatic heterocycles. The Bertz CT molecular complexity index is 803. The van der Waals surface area contributed by atoms with Crippen LogP contribution in [0.5, 0.6) is 5.75 Å². The molecule has 0 bridgehead atoms. The highest BCUT2D eigenvalue weighted by Crippen LogP contribution is 2.22. The van der Waals surface area contributed by atoms with Crippen molar-refractivity contribution in [3.63, 3.8) is 0 Å². The molecule has 0 aliphatic rings. The molecule has 0 aliphatic heterocycles. The zero-order chi connectivity index (χ0) is 19.3. The highest BCUT2D eigenvalue weighted by atomic mass is 16.5. The molecule has 0 aliphatic carbocycles. The number of amides is 1. The lowest BCUT2D eigenvalue weighted by Gasteiger charge is -2.27. The molecule has 142 valence electrons. The van der Waals surface area contributed by atoms with Crippen LogP contribution in [-0.4, -0.2) is 37.7 Å². The van der Waals surface area contributed by atoms with Crippen LogP contribution in [0.2, 0.25) is 0 Å². The van der Waals surface area contributed by atoms with Crippen molar-refractivity contribution in [2.75, 3.05) is 19.7 Å². The molecule has 26 heavy (non-hydrogen) atoms. The molecule has 2 aromatic rings. The number of carbonyl (C=O) groups excluding carboxylic acids is 1. The van der Waals surface area contributed by atoms with Gasteiger partial charge in [0.25, 0.3) is 5.91 Å². The van der Waals surface area contributed by atoms with Gasteiger partial charge >= 0.3 is 5.63 Å². The van der Waals surface area contributed by atoms with Gasteiger partial charge in [-0.2, -0.15) is 0 Å². The van der Waals surface area contributed by atoms with Crippen LogP contribution in [0, 0.1) is 6.92 Å². The summed E-state index contributed by atoms with van der Waals surface area (Å²) in [5.41, 5.74) is 0.913. The molecule has 0 unspecified atom stereocenters. The molecular weight excluding hydrogens is 332 g/mol. The lowest BCUT2D eigenvalue weighted by Crippen LogP contribution is -3.18. The Morgan fingerprint density at radius 1 is 1.19 bits per heavy atom. The summed E-state index contributed by atoms with van der Waals surface area (Å²) in [6.45, 7) is 12.0. The van der Waals surface area contributed by atoms with E-state index < -0.39 is 5.63 Å². The first-order valence-electron chi connectivity index (χ1n) is 9.07. The maximum absolute atomic E-state index is 12.0. The van der Waals surface area contributed by atoms with Gasteiger partial charge in [0.05, 0.1) is 25.2 Å². The third-order valence-corrected chi connectivity index (χ3v) is 4.51. The topological polar surface area (TPSA) is 73.0 Å². The third-order valence-electron chi connectivity index (χ3n) is 4.51. The predicted octanol–water partition coefficient (Wildman–Crippen LogP) is 1.30. The van der Waals surface area contributed by atoms with Crippen LogP contribution in [0.3, 0.4) is 0 Å². The van der Waals surface area contributed by atoms with Gasteiger partial charge in [-0.1, -0.05) is 0 Å². The number of fused-ring (bicyclic) bond motifs is 1. The van der Waals surface area contributed by atoms with Gasteiger partial charge in [0, 0.05) is 17.5 Å². The van der Waals surface area contributed by atoms with E-state index in [-0.39, 0.29) is 12.5 Å². The molecule has 0 radical (unpaired) electrons. The molecular formula is C20H29N2O4+. The highest BCUT2D eigenvalue weighted by Gasteiger charge is 2.16. The van der Waals surface area contributed by atoms with Gasteiger partial charge in [0.2, 0.25) is 0 Å². The maximum Gasteiger partial charge on any atom is 0.336 e. The largest absolute Gasteiger partial charge is 0.484 e. The predicted molar refractivity (Wildman–Crippen MR) is 102 cm³/mol. The molecule has 1 amide bonds. The normalized spacial score (nSPS) is 11.5. The van der Waals surface area contributed by atoms with E-state index in [9.17, 15) is 9.59 Å². The minimum atomic E-state index is -0.396. The summed E-state index contributed by atoms with van der Waals surface area (Å²) in [6.07, 6.45) is 0. The quantitative estimate of drug-likeness (QED) is 0.695. The van der Waals surface area contributed by atoms with Crippen molar-refractivity contribution in [2.24, 2.45) is 0 Å². The summed E-state index contributed by atoms with van der Waals surface area (Å²) < 4.78 is 10.7. The fourth-order valence-electron chi connectivity index (χ4n) is 3.19. The van der Waals surface area contributed by atoms with E-state index in [1.165, 1.54) is 11.0 Å². The van der Waals surface area contributed by atoms with Gasteiger partial charge in [-0.15, -0.1) is 0 Å². The number of benzene rings is 1. The number of hydrogen-bond acceptors (Lipinski definition) is 4. The van der Waals surface area contributed by atoms with Gasteiger partial charge < -0.3 is 19.4 Å². The Morgan fingerprint density at radius 2 is 1.88 bits per heavy atom. The van der Waals surface area contributed by atoms with Gasteiger partial charge in [0.15, 0.2) is 6.61 Å². The summed E-state index contributed by atoms with van der Waals surface area (Å²) in [4.78, 5) is 24.9. The fraction of sp³-hybridized carbons (Fsp3) is 0.500. The molecule has 0 atom stereocenters. The van der Waals surface area contributed by atoms with E-state index in [0.717, 1.165) is 17.5 Å². The van der Waals surface area contributed by atoms with Crippen LogP contribution >= 0.6 is 0 Å². The summed E-state index contributed by atoms with van der Waals surface area (Å²) >= 11 is 0. The van der Waals surface area contributed by atoms with Crippen LogP contribution in [-0.2, 0) is 4.79 Å². The lowest BCUT2D eigenvalue weighted by molar-refractivity contribution is -0.941. The molecule has 0 spiro atoms. The second-order valence-corrected chi connectivity index (χ2v) is 7.18. The Balaban J connectivity index is 1.87. The molecule has 1 aromatic carbocycles. The Kier molecular flexibility index (Phi) is 6.80. The van der Waals surface area contributed by atoms with E-state index >= 15 is 0 Å². The first-order chi connectivity index (χ1) is 12.3. The first kappa shape index (κ1) is 20.0. The zero-order valence-electron chi connectivity index (χ0n) is 16.2. The maximum atomic E-state index is 12.0. The molecule has 1 heterocycles. The third kappa shape index (κ3) is 5.33. The summed E-state index contributed by atoms with van der Waals surface area (Å²) in [5.74, 6) is 0.334. The molecule has 2 N–H and O–H groups in total.